The van der Waals surface area contributed by atoms with Crippen LogP contribution < -0.4 is 4.31 Å². The molecular weight excluding hydrogens is 328 g/mol. The molecule has 3 rings (SSSR count). The van der Waals surface area contributed by atoms with Crippen LogP contribution in [0, 0.1) is 30.9 Å². The van der Waals surface area contributed by atoms with Gasteiger partial charge in [-0.3, -0.25) is 14.4 Å². The van der Waals surface area contributed by atoms with E-state index in [1.165, 1.54) is 10.4 Å². The van der Waals surface area contributed by atoms with Crippen LogP contribution in [-0.2, 0) is 16.4 Å². The first kappa shape index (κ1) is 16.4. The fourth-order valence-corrected chi connectivity index (χ4v) is 5.04. The monoisotopic (exact) mass is 346 g/mol. The van der Waals surface area contributed by atoms with Crippen molar-refractivity contribution in [3.8, 4) is 0 Å². The Balaban J connectivity index is 2.20. The molecule has 0 saturated carbocycles. The number of nitro groups is 1. The number of fused-ring (bicyclic) bond motifs is 1. The molecule has 0 saturated heterocycles. The van der Waals surface area contributed by atoms with Crippen LogP contribution in [0.5, 0.6) is 0 Å². The topological polar surface area (TPSA) is 80.5 Å². The van der Waals surface area contributed by atoms with Crippen LogP contribution >= 0.6 is 0 Å². The number of hydrogen-bond acceptors (Lipinski definition) is 4. The van der Waals surface area contributed by atoms with Gasteiger partial charge in [0, 0.05) is 18.7 Å². The fourth-order valence-electron chi connectivity index (χ4n) is 3.15. The van der Waals surface area contributed by atoms with Crippen LogP contribution in [0.25, 0.3) is 0 Å². The summed E-state index contributed by atoms with van der Waals surface area (Å²) in [6, 6.07) is 8.26. The van der Waals surface area contributed by atoms with E-state index < -0.39 is 14.9 Å². The third-order valence-electron chi connectivity index (χ3n) is 4.54. The minimum atomic E-state index is -3.85. The summed E-state index contributed by atoms with van der Waals surface area (Å²) in [5.74, 6) is 0. The molecule has 1 heterocycles. The number of para-hydroxylation sites is 1. The van der Waals surface area contributed by atoms with Gasteiger partial charge in [-0.1, -0.05) is 18.2 Å². The summed E-state index contributed by atoms with van der Waals surface area (Å²) in [4.78, 5) is 10.6. The molecule has 7 heteroatoms. The Morgan fingerprint density at radius 3 is 2.50 bits per heavy atom. The summed E-state index contributed by atoms with van der Waals surface area (Å²) >= 11 is 0. The molecule has 24 heavy (non-hydrogen) atoms. The van der Waals surface area contributed by atoms with Crippen LogP contribution in [0.4, 0.5) is 11.4 Å². The standard InChI is InChI=1S/C17H18N2O4S/c1-11-5-4-6-14-7-8-18(17(11)14)24(22,23)16-10-15(19(20)21)9-12(2)13(16)3/h4-6,9-10H,7-8H2,1-3H3. The second-order valence-electron chi connectivity index (χ2n) is 6.05. The average molecular weight is 346 g/mol. The lowest BCUT2D eigenvalue weighted by molar-refractivity contribution is -0.385. The smallest absolute Gasteiger partial charge is 0.265 e. The van der Waals surface area contributed by atoms with E-state index in [4.69, 9.17) is 0 Å². The summed E-state index contributed by atoms with van der Waals surface area (Å²) in [7, 11) is -3.85. The molecule has 0 amide bonds. The maximum absolute atomic E-state index is 13.2. The third-order valence-corrected chi connectivity index (χ3v) is 6.46. The highest BCUT2D eigenvalue weighted by molar-refractivity contribution is 7.93. The van der Waals surface area contributed by atoms with E-state index >= 15 is 0 Å². The molecule has 0 N–H and O–H groups in total. The zero-order valence-corrected chi connectivity index (χ0v) is 14.6. The molecule has 2 aromatic rings. The summed E-state index contributed by atoms with van der Waals surface area (Å²) in [6.07, 6.45) is 0.642. The predicted molar refractivity (Wildman–Crippen MR) is 92.0 cm³/mol. The van der Waals surface area contributed by atoms with Crippen LogP contribution in [0.3, 0.4) is 0 Å². The molecule has 1 aliphatic heterocycles. The molecule has 6 nitrogen and oxygen atoms in total. The van der Waals surface area contributed by atoms with E-state index in [2.05, 4.69) is 0 Å². The number of rotatable bonds is 3. The Morgan fingerprint density at radius 1 is 1.12 bits per heavy atom. The van der Waals surface area contributed by atoms with Crippen molar-refractivity contribution >= 4 is 21.4 Å². The van der Waals surface area contributed by atoms with Crippen molar-refractivity contribution in [2.75, 3.05) is 10.8 Å². The van der Waals surface area contributed by atoms with Crippen LogP contribution in [-0.4, -0.2) is 19.9 Å². The fraction of sp³-hybridized carbons (Fsp3) is 0.294. The molecule has 0 bridgehead atoms. The van der Waals surface area contributed by atoms with Gasteiger partial charge in [0.25, 0.3) is 15.7 Å². The van der Waals surface area contributed by atoms with Gasteiger partial charge in [0.1, 0.15) is 0 Å². The van der Waals surface area contributed by atoms with E-state index in [0.717, 1.165) is 17.2 Å². The summed E-state index contributed by atoms with van der Waals surface area (Å²) in [5.41, 5.74) is 3.49. The Labute approximate surface area is 140 Å². The Morgan fingerprint density at radius 2 is 1.83 bits per heavy atom. The molecule has 0 aliphatic carbocycles. The first-order valence-corrected chi connectivity index (χ1v) is 9.04. The molecule has 0 aromatic heterocycles. The second kappa shape index (κ2) is 5.59. The lowest BCUT2D eigenvalue weighted by atomic mass is 10.1. The highest BCUT2D eigenvalue weighted by Gasteiger charge is 2.34. The van der Waals surface area contributed by atoms with E-state index in [1.807, 2.05) is 25.1 Å². The minimum absolute atomic E-state index is 0.00491. The van der Waals surface area contributed by atoms with Crippen molar-refractivity contribution in [3.05, 3.63) is 62.7 Å². The SMILES string of the molecule is Cc1cc([N+](=O)[O-])cc(S(=O)(=O)N2CCc3cccc(C)c32)c1C. The van der Waals surface area contributed by atoms with E-state index in [-0.39, 0.29) is 10.6 Å². The molecule has 2 aromatic carbocycles. The van der Waals surface area contributed by atoms with Crippen LogP contribution in [0.2, 0.25) is 0 Å². The molecule has 0 radical (unpaired) electrons. The largest absolute Gasteiger partial charge is 0.271 e. The van der Waals surface area contributed by atoms with E-state index in [9.17, 15) is 18.5 Å². The van der Waals surface area contributed by atoms with Crippen LogP contribution in [0.1, 0.15) is 22.3 Å². The van der Waals surface area contributed by atoms with Crippen molar-refractivity contribution in [3.63, 3.8) is 0 Å². The molecule has 0 atom stereocenters. The Bertz CT molecular complexity index is 951. The molecule has 0 fully saturated rings. The molecule has 1 aliphatic rings. The van der Waals surface area contributed by atoms with Gasteiger partial charge in [0.05, 0.1) is 15.5 Å². The summed E-state index contributed by atoms with van der Waals surface area (Å²) in [6.45, 7) is 5.59. The molecule has 0 spiro atoms. The van der Waals surface area contributed by atoms with Gasteiger partial charge in [-0.15, -0.1) is 0 Å². The lowest BCUT2D eigenvalue weighted by Gasteiger charge is -2.22. The van der Waals surface area contributed by atoms with E-state index in [1.54, 1.807) is 13.8 Å². The summed E-state index contributed by atoms with van der Waals surface area (Å²) in [5, 5.41) is 11.1. The Hall–Kier alpha value is -2.41. The maximum Gasteiger partial charge on any atom is 0.271 e. The number of nitrogens with zero attached hydrogens (tertiary/aromatic N) is 2. The highest BCUT2D eigenvalue weighted by atomic mass is 32.2. The number of non-ortho nitro benzene ring substituents is 1. The Kier molecular flexibility index (Phi) is 3.83. The van der Waals surface area contributed by atoms with Gasteiger partial charge in [-0.05, 0) is 49.4 Å². The van der Waals surface area contributed by atoms with Gasteiger partial charge in [0.2, 0.25) is 0 Å². The lowest BCUT2D eigenvalue weighted by Crippen LogP contribution is -2.30. The van der Waals surface area contributed by atoms with Crippen molar-refractivity contribution in [2.45, 2.75) is 32.1 Å². The van der Waals surface area contributed by atoms with Crippen molar-refractivity contribution in [1.82, 2.24) is 0 Å². The number of benzene rings is 2. The normalized spacial score (nSPS) is 13.9. The van der Waals surface area contributed by atoms with Crippen molar-refractivity contribution in [2.24, 2.45) is 0 Å². The molecule has 126 valence electrons. The molecule has 0 unspecified atom stereocenters. The minimum Gasteiger partial charge on any atom is -0.265 e. The maximum atomic E-state index is 13.2. The van der Waals surface area contributed by atoms with Crippen molar-refractivity contribution in [1.29, 1.82) is 0 Å². The number of nitro benzene ring substituents is 1. The first-order valence-electron chi connectivity index (χ1n) is 7.60. The van der Waals surface area contributed by atoms with Gasteiger partial charge in [-0.2, -0.15) is 0 Å². The van der Waals surface area contributed by atoms with Crippen LogP contribution in [0.15, 0.2) is 35.2 Å². The van der Waals surface area contributed by atoms with Gasteiger partial charge in [0.15, 0.2) is 0 Å². The highest BCUT2D eigenvalue weighted by Crippen LogP contribution is 2.37. The number of sulfonamides is 1. The molecular formula is C17H18N2O4S. The summed E-state index contributed by atoms with van der Waals surface area (Å²) < 4.78 is 27.8. The number of anilines is 1. The van der Waals surface area contributed by atoms with Crippen molar-refractivity contribution < 1.29 is 13.3 Å². The van der Waals surface area contributed by atoms with Gasteiger partial charge >= 0.3 is 0 Å². The number of aryl methyl sites for hydroxylation is 2. The van der Waals surface area contributed by atoms with Gasteiger partial charge in [-0.25, -0.2) is 8.42 Å². The van der Waals surface area contributed by atoms with E-state index in [0.29, 0.717) is 29.8 Å². The predicted octanol–water partition coefficient (Wildman–Crippen LogP) is 3.27. The zero-order valence-electron chi connectivity index (χ0n) is 13.7. The average Bonchev–Trinajstić information content (AvgIpc) is 2.95. The third kappa shape index (κ3) is 2.45. The zero-order chi connectivity index (χ0) is 17.6. The second-order valence-corrected chi connectivity index (χ2v) is 7.88. The van der Waals surface area contributed by atoms with Gasteiger partial charge < -0.3 is 0 Å². The number of hydrogen-bond donors (Lipinski definition) is 0. The quantitative estimate of drug-likeness (QED) is 0.631. The first-order chi connectivity index (χ1) is 11.2.